The number of aromatic nitrogens is 5. The zero-order valence-electron chi connectivity index (χ0n) is 17.8. The van der Waals surface area contributed by atoms with E-state index in [1.807, 2.05) is 30.3 Å². The number of rotatable bonds is 4. The molecule has 0 radical (unpaired) electrons. The van der Waals surface area contributed by atoms with Gasteiger partial charge >= 0.3 is 6.18 Å². The van der Waals surface area contributed by atoms with Gasteiger partial charge in [0.2, 0.25) is 5.95 Å². The van der Waals surface area contributed by atoms with E-state index in [-0.39, 0.29) is 31.7 Å². The second kappa shape index (κ2) is 7.84. The molecule has 1 aliphatic carbocycles. The Hall–Kier alpha value is -3.47. The molecule has 4 heterocycles. The van der Waals surface area contributed by atoms with Crippen LogP contribution in [0.5, 0.6) is 0 Å². The van der Waals surface area contributed by atoms with Gasteiger partial charge in [0.25, 0.3) is 0 Å². The SMILES string of the molecule is CNc1nc(NC2CCC(O)(C(F)(F)F)CC2)nn2ccc(-c3ccc4ncccc4n3)c12. The summed E-state index contributed by atoms with van der Waals surface area (Å²) in [5, 5.41) is 20.6. The highest BCUT2D eigenvalue weighted by Gasteiger charge is 2.54. The first-order valence-corrected chi connectivity index (χ1v) is 10.6. The molecular formula is C22H22F3N7O. The van der Waals surface area contributed by atoms with Crippen LogP contribution in [-0.4, -0.2) is 54.5 Å². The highest BCUT2D eigenvalue weighted by atomic mass is 19.4. The molecule has 0 saturated heterocycles. The Morgan fingerprint density at radius 1 is 1.09 bits per heavy atom. The minimum absolute atomic E-state index is 0.165. The van der Waals surface area contributed by atoms with Crippen LogP contribution in [0.2, 0.25) is 0 Å². The summed E-state index contributed by atoms with van der Waals surface area (Å²) >= 11 is 0. The van der Waals surface area contributed by atoms with Crippen LogP contribution in [0.1, 0.15) is 25.7 Å². The number of fused-ring (bicyclic) bond motifs is 2. The summed E-state index contributed by atoms with van der Waals surface area (Å²) in [6, 6.07) is 9.15. The number of halogens is 3. The van der Waals surface area contributed by atoms with E-state index >= 15 is 0 Å². The molecule has 0 spiro atoms. The Kier molecular flexibility index (Phi) is 5.08. The average Bonchev–Trinajstić information content (AvgIpc) is 3.23. The molecule has 0 atom stereocenters. The topological polar surface area (TPSA) is 100 Å². The van der Waals surface area contributed by atoms with E-state index in [0.717, 1.165) is 27.8 Å². The van der Waals surface area contributed by atoms with Crippen molar-refractivity contribution in [2.45, 2.75) is 43.5 Å². The van der Waals surface area contributed by atoms with Crippen molar-refractivity contribution in [2.75, 3.05) is 17.7 Å². The molecule has 1 saturated carbocycles. The lowest BCUT2D eigenvalue weighted by atomic mass is 9.82. The van der Waals surface area contributed by atoms with Gasteiger partial charge in [-0.3, -0.25) is 4.98 Å². The largest absolute Gasteiger partial charge is 0.417 e. The van der Waals surface area contributed by atoms with Crippen molar-refractivity contribution in [3.8, 4) is 11.3 Å². The van der Waals surface area contributed by atoms with Gasteiger partial charge in [0, 0.05) is 31.0 Å². The number of anilines is 2. The molecule has 0 aliphatic heterocycles. The van der Waals surface area contributed by atoms with E-state index in [1.165, 1.54) is 0 Å². The number of alkyl halides is 3. The molecule has 8 nitrogen and oxygen atoms in total. The number of hydrogen-bond donors (Lipinski definition) is 3. The number of nitrogens with zero attached hydrogens (tertiary/aromatic N) is 5. The highest BCUT2D eigenvalue weighted by molar-refractivity contribution is 5.89. The van der Waals surface area contributed by atoms with E-state index in [1.54, 1.807) is 24.0 Å². The monoisotopic (exact) mass is 457 g/mol. The fourth-order valence-electron chi connectivity index (χ4n) is 4.28. The van der Waals surface area contributed by atoms with Crippen molar-refractivity contribution in [1.82, 2.24) is 24.6 Å². The molecule has 0 unspecified atom stereocenters. The first-order valence-electron chi connectivity index (χ1n) is 10.6. The molecule has 4 aromatic rings. The summed E-state index contributed by atoms with van der Waals surface area (Å²) in [5.74, 6) is 0.857. The Morgan fingerprint density at radius 2 is 1.88 bits per heavy atom. The normalized spacial score (nSPS) is 21.4. The lowest BCUT2D eigenvalue weighted by Gasteiger charge is -2.37. The van der Waals surface area contributed by atoms with Crippen molar-refractivity contribution in [3.63, 3.8) is 0 Å². The van der Waals surface area contributed by atoms with Crippen LogP contribution in [0.4, 0.5) is 24.9 Å². The second-order valence-corrected chi connectivity index (χ2v) is 8.24. The maximum absolute atomic E-state index is 13.1. The van der Waals surface area contributed by atoms with E-state index in [9.17, 15) is 18.3 Å². The van der Waals surface area contributed by atoms with Gasteiger partial charge in [0.15, 0.2) is 11.4 Å². The smallest absolute Gasteiger partial charge is 0.380 e. The third kappa shape index (κ3) is 3.82. The molecule has 11 heteroatoms. The minimum Gasteiger partial charge on any atom is -0.380 e. The van der Waals surface area contributed by atoms with E-state index in [0.29, 0.717) is 11.8 Å². The van der Waals surface area contributed by atoms with Crippen LogP contribution in [0.15, 0.2) is 42.7 Å². The fraction of sp³-hybridized carbons (Fsp3) is 0.364. The minimum atomic E-state index is -4.62. The first-order chi connectivity index (χ1) is 15.8. The van der Waals surface area contributed by atoms with E-state index in [2.05, 4.69) is 25.7 Å². The molecule has 33 heavy (non-hydrogen) atoms. The van der Waals surface area contributed by atoms with Crippen LogP contribution in [0.3, 0.4) is 0 Å². The molecule has 172 valence electrons. The van der Waals surface area contributed by atoms with Crippen LogP contribution in [-0.2, 0) is 0 Å². The Labute approximate surface area is 186 Å². The van der Waals surface area contributed by atoms with Gasteiger partial charge in [0.1, 0.15) is 5.52 Å². The molecule has 4 aromatic heterocycles. The Bertz CT molecular complexity index is 1310. The molecular weight excluding hydrogens is 435 g/mol. The maximum Gasteiger partial charge on any atom is 0.417 e. The van der Waals surface area contributed by atoms with Gasteiger partial charge in [-0.25, -0.2) is 9.50 Å². The quantitative estimate of drug-likeness (QED) is 0.425. The van der Waals surface area contributed by atoms with Gasteiger partial charge in [-0.2, -0.15) is 18.2 Å². The summed E-state index contributed by atoms with van der Waals surface area (Å²) in [4.78, 5) is 13.5. The molecule has 5 rings (SSSR count). The second-order valence-electron chi connectivity index (χ2n) is 8.24. The zero-order chi connectivity index (χ0) is 23.2. The predicted octanol–water partition coefficient (Wildman–Crippen LogP) is 4.03. The lowest BCUT2D eigenvalue weighted by molar-refractivity contribution is -0.269. The van der Waals surface area contributed by atoms with Gasteiger partial charge < -0.3 is 15.7 Å². The lowest BCUT2D eigenvalue weighted by Crippen LogP contribution is -2.49. The summed E-state index contributed by atoms with van der Waals surface area (Å²) in [6.07, 6.45) is -1.50. The third-order valence-electron chi connectivity index (χ3n) is 6.15. The van der Waals surface area contributed by atoms with Crippen molar-refractivity contribution in [2.24, 2.45) is 0 Å². The summed E-state index contributed by atoms with van der Waals surface area (Å²) in [7, 11) is 1.74. The highest BCUT2D eigenvalue weighted by Crippen LogP contribution is 2.42. The number of hydrogen-bond acceptors (Lipinski definition) is 7. The predicted molar refractivity (Wildman–Crippen MR) is 118 cm³/mol. The van der Waals surface area contributed by atoms with Crippen LogP contribution in [0.25, 0.3) is 27.8 Å². The van der Waals surface area contributed by atoms with Crippen molar-refractivity contribution in [3.05, 3.63) is 42.7 Å². The standard InChI is InChI=1S/C22H22F3N7O/c1-26-19-18-14(15-4-5-16-17(29-15)3-2-11-27-16)8-12-32(18)31-20(30-19)28-13-6-9-21(33,10-7-13)22(23,24)25/h2-5,8,11-13,33H,6-7,9-10H2,1H3,(H2,26,28,30,31). The van der Waals surface area contributed by atoms with Crippen LogP contribution >= 0.6 is 0 Å². The van der Waals surface area contributed by atoms with Gasteiger partial charge in [-0.15, -0.1) is 5.10 Å². The number of aliphatic hydroxyl groups is 1. The van der Waals surface area contributed by atoms with Crippen molar-refractivity contribution < 1.29 is 18.3 Å². The van der Waals surface area contributed by atoms with E-state index < -0.39 is 11.8 Å². The maximum atomic E-state index is 13.1. The molecule has 0 aromatic carbocycles. The fourth-order valence-corrected chi connectivity index (χ4v) is 4.28. The summed E-state index contributed by atoms with van der Waals surface area (Å²) in [6.45, 7) is 0. The van der Waals surface area contributed by atoms with Crippen molar-refractivity contribution in [1.29, 1.82) is 0 Å². The zero-order valence-corrected chi connectivity index (χ0v) is 17.8. The summed E-state index contributed by atoms with van der Waals surface area (Å²) in [5.41, 5.74) is 1.27. The average molecular weight is 457 g/mol. The number of pyridine rings is 2. The van der Waals surface area contributed by atoms with Gasteiger partial charge in [-0.1, -0.05) is 0 Å². The van der Waals surface area contributed by atoms with Gasteiger partial charge in [0.05, 0.1) is 16.7 Å². The molecule has 3 N–H and O–H groups in total. The van der Waals surface area contributed by atoms with E-state index in [4.69, 9.17) is 4.98 Å². The Morgan fingerprint density at radius 3 is 2.61 bits per heavy atom. The number of nitrogens with one attached hydrogen (secondary N) is 2. The molecule has 1 fully saturated rings. The summed E-state index contributed by atoms with van der Waals surface area (Å²) < 4.78 is 40.9. The first kappa shape index (κ1) is 21.4. The molecule has 0 amide bonds. The van der Waals surface area contributed by atoms with Crippen LogP contribution < -0.4 is 10.6 Å². The van der Waals surface area contributed by atoms with Gasteiger partial charge in [-0.05, 0) is 56.0 Å². The van der Waals surface area contributed by atoms with Crippen LogP contribution in [0, 0.1) is 0 Å². The third-order valence-corrected chi connectivity index (χ3v) is 6.15. The molecule has 0 bridgehead atoms. The molecule has 1 aliphatic rings. The van der Waals surface area contributed by atoms with Crippen molar-refractivity contribution >= 4 is 28.3 Å². The Balaban J connectivity index is 1.43.